The van der Waals surface area contributed by atoms with Crippen molar-refractivity contribution in [3.05, 3.63) is 42.0 Å². The van der Waals surface area contributed by atoms with E-state index in [9.17, 15) is 24.6 Å². The maximum Gasteiger partial charge on any atom is 0.310 e. The van der Waals surface area contributed by atoms with Gasteiger partial charge in [0.2, 0.25) is 5.91 Å². The molecule has 1 spiro atoms. The van der Waals surface area contributed by atoms with Crippen molar-refractivity contribution >= 4 is 39.4 Å². The molecule has 1 aromatic carbocycles. The molecule has 2 bridgehead atoms. The molecule has 0 aromatic heterocycles. The van der Waals surface area contributed by atoms with Gasteiger partial charge in [-0.25, -0.2) is 0 Å². The lowest BCUT2D eigenvalue weighted by molar-refractivity contribution is -0.149. The van der Waals surface area contributed by atoms with Gasteiger partial charge in [0, 0.05) is 30.2 Å². The van der Waals surface area contributed by atoms with E-state index in [0.717, 1.165) is 16.8 Å². The molecule has 3 aliphatic heterocycles. The number of likely N-dealkylation sites (tertiary alicyclic amines) is 1. The number of carboxylic acid groups (broad SMARTS) is 1. The predicted octanol–water partition coefficient (Wildman–Crippen LogP) is 2.04. The van der Waals surface area contributed by atoms with Crippen LogP contribution in [0.5, 0.6) is 0 Å². The van der Waals surface area contributed by atoms with Gasteiger partial charge < -0.3 is 24.7 Å². The number of carbonyl (C=O) groups excluding carboxylic acids is 2. The van der Waals surface area contributed by atoms with Gasteiger partial charge in [-0.1, -0.05) is 40.2 Å². The minimum absolute atomic E-state index is 0.145. The highest BCUT2D eigenvalue weighted by Gasteiger charge is 2.76. The zero-order chi connectivity index (χ0) is 24.1. The van der Waals surface area contributed by atoms with Gasteiger partial charge in [-0.3, -0.25) is 14.4 Å². The monoisotopic (exact) mass is 520 g/mol. The van der Waals surface area contributed by atoms with E-state index < -0.39 is 41.5 Å². The lowest BCUT2D eigenvalue weighted by atomic mass is 9.70. The molecule has 3 fully saturated rings. The average molecular weight is 521 g/mol. The Balaban J connectivity index is 1.83. The predicted molar refractivity (Wildman–Crippen MR) is 125 cm³/mol. The van der Waals surface area contributed by atoms with Gasteiger partial charge in [-0.2, -0.15) is 0 Å². The van der Waals surface area contributed by atoms with Crippen molar-refractivity contribution in [3.8, 4) is 0 Å². The zero-order valence-corrected chi connectivity index (χ0v) is 20.3. The van der Waals surface area contributed by atoms with Gasteiger partial charge in [0.25, 0.3) is 5.91 Å². The number of nitrogens with zero attached hydrogens (tertiary/aromatic N) is 2. The van der Waals surface area contributed by atoms with Crippen molar-refractivity contribution in [1.82, 2.24) is 4.90 Å². The number of aliphatic hydroxyl groups excluding tert-OH is 1. The maximum absolute atomic E-state index is 14.2. The Kier molecular flexibility index (Phi) is 6.41. The van der Waals surface area contributed by atoms with Crippen molar-refractivity contribution in [2.75, 3.05) is 24.6 Å². The number of anilines is 1. The van der Waals surface area contributed by atoms with Crippen LogP contribution in [-0.4, -0.2) is 75.2 Å². The van der Waals surface area contributed by atoms with E-state index in [-0.39, 0.29) is 36.9 Å². The number of hydrogen-bond donors (Lipinski definition) is 2. The lowest BCUT2D eigenvalue weighted by Crippen LogP contribution is -2.57. The molecule has 1 unspecified atom stereocenters. The molecule has 6 atom stereocenters. The molecular formula is C24H29BrN2O6. The summed E-state index contributed by atoms with van der Waals surface area (Å²) in [4.78, 5) is 42.7. The number of para-hydroxylation sites is 1. The van der Waals surface area contributed by atoms with Crippen LogP contribution in [0.15, 0.2) is 30.9 Å². The maximum atomic E-state index is 14.2. The Morgan fingerprint density at radius 1 is 1.36 bits per heavy atom. The summed E-state index contributed by atoms with van der Waals surface area (Å²) in [7, 11) is 0. The number of hydrogen-bond acceptors (Lipinski definition) is 5. The van der Waals surface area contributed by atoms with Crippen LogP contribution in [0.3, 0.4) is 0 Å². The molecule has 4 rings (SSSR count). The number of aryl methyl sites for hydroxylation is 2. The number of benzene rings is 1. The van der Waals surface area contributed by atoms with Crippen LogP contribution >= 0.6 is 15.9 Å². The van der Waals surface area contributed by atoms with Crippen LogP contribution in [0, 0.1) is 25.7 Å². The van der Waals surface area contributed by atoms with Crippen LogP contribution in [0.4, 0.5) is 5.69 Å². The number of aliphatic hydroxyl groups is 1. The SMILES string of the molecule is C=CCN(C(=O)[C@@H]1N(CCCO)C(=O)[C@H]2[C@H](C(=O)O)[C@H]3O[C@@]12CC3Br)c1c(C)cccc1C. The van der Waals surface area contributed by atoms with Gasteiger partial charge in [-0.05, 0) is 37.8 Å². The van der Waals surface area contributed by atoms with E-state index in [2.05, 4.69) is 22.5 Å². The third-order valence-corrected chi connectivity index (χ3v) is 8.00. The Morgan fingerprint density at radius 2 is 2.03 bits per heavy atom. The summed E-state index contributed by atoms with van der Waals surface area (Å²) in [6, 6.07) is 4.77. The molecule has 0 saturated carbocycles. The number of alkyl halides is 1. The number of aliphatic carboxylic acids is 1. The molecule has 3 aliphatic rings. The molecule has 8 nitrogen and oxygen atoms in total. The topological polar surface area (TPSA) is 107 Å². The van der Waals surface area contributed by atoms with E-state index in [1.807, 2.05) is 32.0 Å². The van der Waals surface area contributed by atoms with E-state index >= 15 is 0 Å². The minimum Gasteiger partial charge on any atom is -0.481 e. The molecule has 178 valence electrons. The molecular weight excluding hydrogens is 492 g/mol. The highest BCUT2D eigenvalue weighted by Crippen LogP contribution is 2.60. The van der Waals surface area contributed by atoms with E-state index in [4.69, 9.17) is 4.74 Å². The van der Waals surface area contributed by atoms with Crippen LogP contribution in [-0.2, 0) is 19.1 Å². The summed E-state index contributed by atoms with van der Waals surface area (Å²) in [6.07, 6.45) is 1.59. The normalized spacial score (nSPS) is 32.2. The fourth-order valence-corrected chi connectivity index (χ4v) is 6.91. The number of ether oxygens (including phenoxy) is 1. The van der Waals surface area contributed by atoms with Crippen molar-refractivity contribution in [2.45, 2.75) is 49.3 Å². The van der Waals surface area contributed by atoms with E-state index in [1.165, 1.54) is 4.90 Å². The summed E-state index contributed by atoms with van der Waals surface area (Å²) < 4.78 is 6.28. The molecule has 2 amide bonds. The third kappa shape index (κ3) is 3.52. The third-order valence-electron chi connectivity index (χ3n) is 7.15. The number of carbonyl (C=O) groups is 3. The second-order valence-electron chi connectivity index (χ2n) is 9.09. The highest BCUT2D eigenvalue weighted by atomic mass is 79.9. The second kappa shape index (κ2) is 8.85. The molecule has 3 saturated heterocycles. The second-order valence-corrected chi connectivity index (χ2v) is 10.3. The van der Waals surface area contributed by atoms with Crippen LogP contribution in [0.25, 0.3) is 0 Å². The van der Waals surface area contributed by atoms with Gasteiger partial charge >= 0.3 is 5.97 Å². The zero-order valence-electron chi connectivity index (χ0n) is 18.7. The van der Waals surface area contributed by atoms with Crippen molar-refractivity contribution in [2.24, 2.45) is 11.8 Å². The molecule has 1 aromatic rings. The quantitative estimate of drug-likeness (QED) is 0.401. The average Bonchev–Trinajstić information content (AvgIpc) is 3.34. The first kappa shape index (κ1) is 23.9. The van der Waals surface area contributed by atoms with Crippen molar-refractivity contribution in [1.29, 1.82) is 0 Å². The molecule has 2 N–H and O–H groups in total. The number of rotatable bonds is 8. The Labute approximate surface area is 201 Å². The van der Waals surface area contributed by atoms with Crippen LogP contribution < -0.4 is 4.90 Å². The summed E-state index contributed by atoms with van der Waals surface area (Å²) in [5.41, 5.74) is 1.32. The van der Waals surface area contributed by atoms with Gasteiger partial charge in [0.05, 0.1) is 17.9 Å². The van der Waals surface area contributed by atoms with Crippen molar-refractivity contribution in [3.63, 3.8) is 0 Å². The standard InChI is InChI=1S/C24H29BrN2O6/c1-4-9-26(18-13(2)7-5-8-14(18)3)22(30)20-24-12-15(25)19(33-24)16(23(31)32)17(24)21(29)27(20)10-6-11-28/h4-5,7-8,15-17,19-20,28H,1,6,9-12H2,2-3H3,(H,31,32)/t15?,16-,17+,19-,20-,24+/m0/s1. The first-order valence-corrected chi connectivity index (χ1v) is 12.1. The minimum atomic E-state index is -1.23. The van der Waals surface area contributed by atoms with Crippen molar-refractivity contribution < 1.29 is 29.3 Å². The van der Waals surface area contributed by atoms with Gasteiger partial charge in [0.1, 0.15) is 11.6 Å². The molecule has 33 heavy (non-hydrogen) atoms. The summed E-state index contributed by atoms with van der Waals surface area (Å²) >= 11 is 3.54. The van der Waals surface area contributed by atoms with Gasteiger partial charge in [0.15, 0.2) is 0 Å². The van der Waals surface area contributed by atoms with Crippen LogP contribution in [0.2, 0.25) is 0 Å². The number of carboxylic acids is 1. The first-order chi connectivity index (χ1) is 15.7. The lowest BCUT2D eigenvalue weighted by Gasteiger charge is -2.37. The van der Waals surface area contributed by atoms with Gasteiger partial charge in [-0.15, -0.1) is 6.58 Å². The first-order valence-electron chi connectivity index (χ1n) is 11.1. The van der Waals surface area contributed by atoms with E-state index in [1.54, 1.807) is 11.0 Å². The van der Waals surface area contributed by atoms with E-state index in [0.29, 0.717) is 6.42 Å². The summed E-state index contributed by atoms with van der Waals surface area (Å²) in [5.74, 6) is -3.79. The molecule has 0 aliphatic carbocycles. The Bertz CT molecular complexity index is 979. The molecule has 9 heteroatoms. The number of amides is 2. The summed E-state index contributed by atoms with van der Waals surface area (Å²) in [5, 5.41) is 19.3. The smallest absolute Gasteiger partial charge is 0.310 e. The fraction of sp³-hybridized carbons (Fsp3) is 0.542. The highest BCUT2D eigenvalue weighted by molar-refractivity contribution is 9.09. The number of halogens is 1. The summed E-state index contributed by atoms with van der Waals surface area (Å²) in [6.45, 7) is 7.88. The Hall–Kier alpha value is -2.23. The number of fused-ring (bicyclic) bond motifs is 1. The molecule has 3 heterocycles. The Morgan fingerprint density at radius 3 is 2.61 bits per heavy atom. The molecule has 0 radical (unpaired) electrons. The largest absolute Gasteiger partial charge is 0.481 e. The van der Waals surface area contributed by atoms with Crippen LogP contribution in [0.1, 0.15) is 24.0 Å². The fourth-order valence-electron chi connectivity index (χ4n) is 5.97.